The molecule has 0 saturated heterocycles. The Kier molecular flexibility index (Phi) is 5.67. The van der Waals surface area contributed by atoms with Gasteiger partial charge in [-0.1, -0.05) is 48.5 Å². The van der Waals surface area contributed by atoms with E-state index >= 15 is 0 Å². The molecule has 0 fully saturated rings. The third kappa shape index (κ3) is 5.20. The molecule has 0 heterocycles. The molecule has 0 unspecified atom stereocenters. The number of benzene rings is 2. The summed E-state index contributed by atoms with van der Waals surface area (Å²) in [4.78, 5) is 11.6. The lowest BCUT2D eigenvalue weighted by atomic mass is 10.2. The van der Waals surface area contributed by atoms with Gasteiger partial charge in [-0.05, 0) is 17.7 Å². The van der Waals surface area contributed by atoms with Crippen LogP contribution in [0.15, 0.2) is 65.8 Å². The Balaban J connectivity index is 1.89. The first-order valence-electron chi connectivity index (χ1n) is 6.76. The number of Topliss-reactive ketones (excluding diaryl/α,β-unsaturated/α-hetero) is 1. The molecule has 2 aromatic rings. The van der Waals surface area contributed by atoms with E-state index in [1.807, 2.05) is 60.7 Å². The van der Waals surface area contributed by atoms with Crippen molar-refractivity contribution in [2.45, 2.75) is 13.5 Å². The molecule has 0 atom stereocenters. The number of anilines is 1. The number of hydrazone groups is 1. The highest BCUT2D eigenvalue weighted by Crippen LogP contribution is 2.05. The van der Waals surface area contributed by atoms with Crippen LogP contribution >= 0.6 is 0 Å². The zero-order valence-electron chi connectivity index (χ0n) is 12.0. The highest BCUT2D eigenvalue weighted by atomic mass is 16.5. The maximum Gasteiger partial charge on any atom is 0.178 e. The van der Waals surface area contributed by atoms with Crippen LogP contribution in [0.1, 0.15) is 12.5 Å². The minimum Gasteiger partial charge on any atom is -0.370 e. The summed E-state index contributed by atoms with van der Waals surface area (Å²) < 4.78 is 5.54. The van der Waals surface area contributed by atoms with Crippen LogP contribution in [0.4, 0.5) is 5.69 Å². The van der Waals surface area contributed by atoms with Crippen molar-refractivity contribution in [2.24, 2.45) is 5.10 Å². The van der Waals surface area contributed by atoms with Crippen LogP contribution < -0.4 is 5.43 Å². The summed E-state index contributed by atoms with van der Waals surface area (Å²) in [6.07, 6.45) is 0. The first-order chi connectivity index (χ1) is 10.3. The van der Waals surface area contributed by atoms with E-state index in [0.717, 1.165) is 11.3 Å². The van der Waals surface area contributed by atoms with E-state index in [1.165, 1.54) is 6.92 Å². The fraction of sp³-hybridized carbons (Fsp3) is 0.176. The largest absolute Gasteiger partial charge is 0.370 e. The molecule has 0 bridgehead atoms. The average Bonchev–Trinajstić information content (AvgIpc) is 2.52. The number of para-hydroxylation sites is 1. The number of nitrogens with zero attached hydrogens (tertiary/aromatic N) is 1. The van der Waals surface area contributed by atoms with Crippen LogP contribution in [-0.2, 0) is 16.1 Å². The van der Waals surface area contributed by atoms with Gasteiger partial charge in [0.15, 0.2) is 5.78 Å². The maximum absolute atomic E-state index is 11.6. The second-order valence-electron chi connectivity index (χ2n) is 4.57. The van der Waals surface area contributed by atoms with E-state index in [0.29, 0.717) is 12.3 Å². The summed E-state index contributed by atoms with van der Waals surface area (Å²) in [5.74, 6) is -0.105. The summed E-state index contributed by atoms with van der Waals surface area (Å²) in [7, 11) is 0. The third-order valence-corrected chi connectivity index (χ3v) is 2.85. The standard InChI is InChI=1S/C17H18N2O2/c1-14(20)17(19-18-16-10-6-3-7-11-16)13-21-12-15-8-4-2-5-9-15/h2-11,18H,12-13H2,1H3/b19-17-. The monoisotopic (exact) mass is 282 g/mol. The Morgan fingerprint density at radius 2 is 1.67 bits per heavy atom. The van der Waals surface area contributed by atoms with Gasteiger partial charge in [-0.15, -0.1) is 0 Å². The predicted octanol–water partition coefficient (Wildman–Crippen LogP) is 3.26. The van der Waals surface area contributed by atoms with Gasteiger partial charge >= 0.3 is 0 Å². The second-order valence-corrected chi connectivity index (χ2v) is 4.57. The fourth-order valence-corrected chi connectivity index (χ4v) is 1.70. The van der Waals surface area contributed by atoms with Gasteiger partial charge in [0.2, 0.25) is 0 Å². The number of rotatable bonds is 7. The number of ketones is 1. The minimum absolute atomic E-state index is 0.105. The Bertz CT molecular complexity index is 595. The lowest BCUT2D eigenvalue weighted by Gasteiger charge is -2.06. The SMILES string of the molecule is CC(=O)/C(COCc1ccccc1)=N\Nc1ccccc1. The van der Waals surface area contributed by atoms with Crippen molar-refractivity contribution < 1.29 is 9.53 Å². The van der Waals surface area contributed by atoms with Crippen molar-refractivity contribution in [3.8, 4) is 0 Å². The van der Waals surface area contributed by atoms with Crippen molar-refractivity contribution in [3.63, 3.8) is 0 Å². The van der Waals surface area contributed by atoms with Crippen LogP contribution in [0.2, 0.25) is 0 Å². The molecule has 0 aromatic heterocycles. The zero-order chi connectivity index (χ0) is 14.9. The average molecular weight is 282 g/mol. The second kappa shape index (κ2) is 7.97. The van der Waals surface area contributed by atoms with E-state index in [-0.39, 0.29) is 12.4 Å². The Hall–Kier alpha value is -2.46. The lowest BCUT2D eigenvalue weighted by molar-refractivity contribution is -0.111. The van der Waals surface area contributed by atoms with Crippen molar-refractivity contribution in [1.82, 2.24) is 0 Å². The first-order valence-corrected chi connectivity index (χ1v) is 6.76. The Labute approximate surface area is 124 Å². The summed E-state index contributed by atoms with van der Waals surface area (Å²) >= 11 is 0. The molecule has 0 radical (unpaired) electrons. The van der Waals surface area contributed by atoms with Gasteiger partial charge in [-0.2, -0.15) is 5.10 Å². The predicted molar refractivity (Wildman–Crippen MR) is 84.3 cm³/mol. The molecule has 21 heavy (non-hydrogen) atoms. The molecule has 0 amide bonds. The summed E-state index contributed by atoms with van der Waals surface area (Å²) in [6, 6.07) is 19.3. The van der Waals surface area contributed by atoms with Crippen LogP contribution in [0.25, 0.3) is 0 Å². The lowest BCUT2D eigenvalue weighted by Crippen LogP contribution is -2.19. The number of carbonyl (C=O) groups excluding carboxylic acids is 1. The minimum atomic E-state index is -0.105. The third-order valence-electron chi connectivity index (χ3n) is 2.85. The van der Waals surface area contributed by atoms with Crippen molar-refractivity contribution in [2.75, 3.05) is 12.0 Å². The molecular formula is C17H18N2O2. The van der Waals surface area contributed by atoms with Gasteiger partial charge in [0.25, 0.3) is 0 Å². The summed E-state index contributed by atoms with van der Waals surface area (Å²) in [6.45, 7) is 2.12. The van der Waals surface area contributed by atoms with Gasteiger partial charge < -0.3 is 4.74 Å². The highest BCUT2D eigenvalue weighted by molar-refractivity contribution is 6.39. The highest BCUT2D eigenvalue weighted by Gasteiger charge is 2.06. The molecule has 0 aliphatic carbocycles. The molecule has 4 nitrogen and oxygen atoms in total. The van der Waals surface area contributed by atoms with Gasteiger partial charge in [-0.3, -0.25) is 10.2 Å². The van der Waals surface area contributed by atoms with E-state index < -0.39 is 0 Å². The van der Waals surface area contributed by atoms with E-state index in [1.54, 1.807) is 0 Å². The van der Waals surface area contributed by atoms with Crippen molar-refractivity contribution in [3.05, 3.63) is 66.2 Å². The topological polar surface area (TPSA) is 50.7 Å². The molecule has 2 aromatic carbocycles. The maximum atomic E-state index is 11.6. The molecule has 0 saturated carbocycles. The number of hydrogen-bond donors (Lipinski definition) is 1. The number of carbonyl (C=O) groups is 1. The molecule has 2 rings (SSSR count). The molecule has 1 N–H and O–H groups in total. The van der Waals surface area contributed by atoms with Gasteiger partial charge in [0.05, 0.1) is 18.9 Å². The van der Waals surface area contributed by atoms with E-state index in [9.17, 15) is 4.79 Å². The quantitative estimate of drug-likeness (QED) is 0.626. The number of hydrogen-bond acceptors (Lipinski definition) is 4. The zero-order valence-corrected chi connectivity index (χ0v) is 12.0. The normalized spacial score (nSPS) is 11.2. The molecular weight excluding hydrogens is 264 g/mol. The smallest absolute Gasteiger partial charge is 0.178 e. The molecule has 0 spiro atoms. The van der Waals surface area contributed by atoms with E-state index in [2.05, 4.69) is 10.5 Å². The summed E-state index contributed by atoms with van der Waals surface area (Å²) in [5.41, 5.74) is 5.13. The van der Waals surface area contributed by atoms with Crippen LogP contribution in [0.5, 0.6) is 0 Å². The Morgan fingerprint density at radius 1 is 1.05 bits per heavy atom. The number of ether oxygens (including phenoxy) is 1. The van der Waals surface area contributed by atoms with Gasteiger partial charge in [0.1, 0.15) is 5.71 Å². The van der Waals surface area contributed by atoms with Gasteiger partial charge in [-0.25, -0.2) is 0 Å². The molecule has 0 aliphatic rings. The number of nitrogens with one attached hydrogen (secondary N) is 1. The van der Waals surface area contributed by atoms with Gasteiger partial charge in [0, 0.05) is 6.92 Å². The molecule has 4 heteroatoms. The van der Waals surface area contributed by atoms with Crippen molar-refractivity contribution in [1.29, 1.82) is 0 Å². The fourth-order valence-electron chi connectivity index (χ4n) is 1.70. The van der Waals surface area contributed by atoms with Crippen molar-refractivity contribution >= 4 is 17.2 Å². The Morgan fingerprint density at radius 3 is 2.29 bits per heavy atom. The summed E-state index contributed by atoms with van der Waals surface area (Å²) in [5, 5.41) is 4.12. The molecule has 0 aliphatic heterocycles. The van der Waals surface area contributed by atoms with Crippen LogP contribution in [0.3, 0.4) is 0 Å². The van der Waals surface area contributed by atoms with E-state index in [4.69, 9.17) is 4.74 Å². The molecule has 108 valence electrons. The van der Waals surface area contributed by atoms with Crippen LogP contribution in [-0.4, -0.2) is 18.1 Å². The van der Waals surface area contributed by atoms with Crippen LogP contribution in [0, 0.1) is 0 Å². The first kappa shape index (κ1) is 14.9.